The van der Waals surface area contributed by atoms with Crippen molar-refractivity contribution < 1.29 is 13.9 Å². The number of halogens is 1. The Hall–Kier alpha value is -2.48. The lowest BCUT2D eigenvalue weighted by Gasteiger charge is -2.08. The molecule has 20 heavy (non-hydrogen) atoms. The number of hydrogen-bond acceptors (Lipinski definition) is 7. The molecule has 8 heteroatoms. The van der Waals surface area contributed by atoms with Crippen molar-refractivity contribution in [3.63, 3.8) is 0 Å². The van der Waals surface area contributed by atoms with Gasteiger partial charge in [-0.2, -0.15) is 9.97 Å². The highest BCUT2D eigenvalue weighted by molar-refractivity contribution is 5.25. The van der Waals surface area contributed by atoms with Crippen LogP contribution in [0.25, 0.3) is 0 Å². The summed E-state index contributed by atoms with van der Waals surface area (Å²) in [4.78, 5) is 11.7. The van der Waals surface area contributed by atoms with Crippen LogP contribution in [0, 0.1) is 5.82 Å². The predicted octanol–water partition coefficient (Wildman–Crippen LogP) is 1.27. The Morgan fingerprint density at radius 1 is 1.15 bits per heavy atom. The van der Waals surface area contributed by atoms with Crippen molar-refractivity contribution in [2.45, 2.75) is 13.5 Å². The first-order valence-corrected chi connectivity index (χ1v) is 5.94. The molecule has 0 aliphatic rings. The largest absolute Gasteiger partial charge is 0.464 e. The second kappa shape index (κ2) is 6.62. The van der Waals surface area contributed by atoms with E-state index in [-0.39, 0.29) is 30.4 Å². The molecule has 106 valence electrons. The smallest absolute Gasteiger partial charge is 0.324 e. The Bertz CT molecular complexity index is 582. The number of benzene rings is 1. The number of nitrogens with zero attached hydrogens (tertiary/aromatic N) is 3. The molecule has 0 radical (unpaired) electrons. The molecule has 0 aliphatic heterocycles. The Morgan fingerprint density at radius 3 is 2.50 bits per heavy atom. The molecule has 3 N–H and O–H groups in total. The number of nitrogen functional groups attached to an aromatic ring is 1. The van der Waals surface area contributed by atoms with E-state index in [0.29, 0.717) is 12.2 Å². The van der Waals surface area contributed by atoms with E-state index in [1.165, 1.54) is 6.07 Å². The van der Waals surface area contributed by atoms with Gasteiger partial charge in [0.15, 0.2) is 0 Å². The normalized spacial score (nSPS) is 10.2. The summed E-state index contributed by atoms with van der Waals surface area (Å²) in [6.07, 6.45) is 0. The van der Waals surface area contributed by atoms with E-state index in [0.717, 1.165) is 0 Å². The fraction of sp³-hybridized carbons (Fsp3) is 0.250. The first kappa shape index (κ1) is 13.9. The van der Waals surface area contributed by atoms with Gasteiger partial charge in [-0.3, -0.25) is 5.43 Å². The van der Waals surface area contributed by atoms with Gasteiger partial charge in [0, 0.05) is 5.56 Å². The van der Waals surface area contributed by atoms with Gasteiger partial charge in [-0.1, -0.05) is 18.2 Å². The van der Waals surface area contributed by atoms with Crippen LogP contribution < -0.4 is 20.7 Å². The van der Waals surface area contributed by atoms with Gasteiger partial charge in [-0.05, 0) is 13.0 Å². The number of hydrogen-bond donors (Lipinski definition) is 2. The average Bonchev–Trinajstić information content (AvgIpc) is 2.46. The molecule has 0 amide bonds. The Kier molecular flexibility index (Phi) is 4.61. The monoisotopic (exact) mass is 279 g/mol. The van der Waals surface area contributed by atoms with Gasteiger partial charge >= 0.3 is 12.0 Å². The summed E-state index contributed by atoms with van der Waals surface area (Å²) in [6.45, 7) is 2.17. The number of ether oxygens (including phenoxy) is 2. The van der Waals surface area contributed by atoms with E-state index in [1.807, 2.05) is 0 Å². The summed E-state index contributed by atoms with van der Waals surface area (Å²) < 4.78 is 23.9. The van der Waals surface area contributed by atoms with Crippen LogP contribution in [-0.4, -0.2) is 21.6 Å². The molecule has 1 aromatic heterocycles. The number of nitrogens with two attached hydrogens (primary N) is 1. The molecular formula is C12H14FN5O2. The zero-order valence-electron chi connectivity index (χ0n) is 10.8. The molecule has 1 aromatic carbocycles. The standard InChI is InChI=1S/C12H14FN5O2/c1-2-19-11-15-10(18-14)16-12(17-11)20-7-8-5-3-4-6-9(8)13/h3-6H,2,7,14H2,1H3,(H,15,16,17,18). The summed E-state index contributed by atoms with van der Waals surface area (Å²) in [6, 6.07) is 6.37. The molecule has 0 saturated carbocycles. The minimum Gasteiger partial charge on any atom is -0.464 e. The van der Waals surface area contributed by atoms with Crippen molar-refractivity contribution in [3.8, 4) is 12.0 Å². The molecule has 0 fully saturated rings. The van der Waals surface area contributed by atoms with Gasteiger partial charge in [-0.15, -0.1) is 4.98 Å². The summed E-state index contributed by atoms with van der Waals surface area (Å²) in [7, 11) is 0. The summed E-state index contributed by atoms with van der Waals surface area (Å²) in [5.74, 6) is 4.99. The third-order valence-corrected chi connectivity index (χ3v) is 2.31. The van der Waals surface area contributed by atoms with Crippen LogP contribution >= 0.6 is 0 Å². The highest BCUT2D eigenvalue weighted by Crippen LogP contribution is 2.14. The van der Waals surface area contributed by atoms with E-state index in [9.17, 15) is 4.39 Å². The Labute approximate surface area is 114 Å². The maximum Gasteiger partial charge on any atom is 0.324 e. The fourth-order valence-electron chi connectivity index (χ4n) is 1.42. The van der Waals surface area contributed by atoms with Crippen LogP contribution in [0.1, 0.15) is 12.5 Å². The number of hydrazine groups is 1. The molecule has 7 nitrogen and oxygen atoms in total. The molecule has 2 rings (SSSR count). The van der Waals surface area contributed by atoms with Gasteiger partial charge in [0.2, 0.25) is 5.95 Å². The van der Waals surface area contributed by atoms with Crippen LogP contribution in [0.5, 0.6) is 12.0 Å². The highest BCUT2D eigenvalue weighted by atomic mass is 19.1. The third kappa shape index (κ3) is 3.51. The fourth-order valence-corrected chi connectivity index (χ4v) is 1.42. The molecule has 0 spiro atoms. The van der Waals surface area contributed by atoms with Crippen molar-refractivity contribution >= 4 is 5.95 Å². The quantitative estimate of drug-likeness (QED) is 0.607. The van der Waals surface area contributed by atoms with E-state index < -0.39 is 0 Å². The molecule has 0 atom stereocenters. The molecular weight excluding hydrogens is 265 g/mol. The highest BCUT2D eigenvalue weighted by Gasteiger charge is 2.09. The molecule has 0 unspecified atom stereocenters. The van der Waals surface area contributed by atoms with E-state index in [2.05, 4.69) is 20.4 Å². The molecule has 0 bridgehead atoms. The lowest BCUT2D eigenvalue weighted by Crippen LogP contribution is -2.13. The topological polar surface area (TPSA) is 95.2 Å². The maximum atomic E-state index is 13.4. The average molecular weight is 279 g/mol. The number of aromatic nitrogens is 3. The van der Waals surface area contributed by atoms with Crippen LogP contribution in [0.4, 0.5) is 10.3 Å². The van der Waals surface area contributed by atoms with Crippen LogP contribution in [0.3, 0.4) is 0 Å². The zero-order valence-corrected chi connectivity index (χ0v) is 10.8. The van der Waals surface area contributed by atoms with Gasteiger partial charge in [0.25, 0.3) is 0 Å². The molecule has 2 aromatic rings. The van der Waals surface area contributed by atoms with Crippen molar-refractivity contribution in [2.24, 2.45) is 5.84 Å². The lowest BCUT2D eigenvalue weighted by molar-refractivity contribution is 0.258. The number of rotatable bonds is 6. The predicted molar refractivity (Wildman–Crippen MR) is 69.5 cm³/mol. The summed E-state index contributed by atoms with van der Waals surface area (Å²) >= 11 is 0. The van der Waals surface area contributed by atoms with E-state index >= 15 is 0 Å². The van der Waals surface area contributed by atoms with Crippen LogP contribution in [0.2, 0.25) is 0 Å². The lowest BCUT2D eigenvalue weighted by atomic mass is 10.2. The zero-order chi connectivity index (χ0) is 14.4. The third-order valence-electron chi connectivity index (χ3n) is 2.31. The Morgan fingerprint density at radius 2 is 1.85 bits per heavy atom. The van der Waals surface area contributed by atoms with Gasteiger partial charge < -0.3 is 9.47 Å². The number of anilines is 1. The van der Waals surface area contributed by atoms with Crippen molar-refractivity contribution in [3.05, 3.63) is 35.6 Å². The van der Waals surface area contributed by atoms with Gasteiger partial charge in [-0.25, -0.2) is 10.2 Å². The second-order valence-electron chi connectivity index (χ2n) is 3.68. The summed E-state index contributed by atoms with van der Waals surface area (Å²) in [5.41, 5.74) is 2.68. The molecule has 0 saturated heterocycles. The van der Waals surface area contributed by atoms with Crippen LogP contribution in [-0.2, 0) is 6.61 Å². The second-order valence-corrected chi connectivity index (χ2v) is 3.68. The Balaban J connectivity index is 2.12. The van der Waals surface area contributed by atoms with Crippen LogP contribution in [0.15, 0.2) is 24.3 Å². The SMILES string of the molecule is CCOc1nc(NN)nc(OCc2ccccc2F)n1. The van der Waals surface area contributed by atoms with Crippen molar-refractivity contribution in [2.75, 3.05) is 12.0 Å². The van der Waals surface area contributed by atoms with E-state index in [4.69, 9.17) is 15.3 Å². The van der Waals surface area contributed by atoms with Crippen molar-refractivity contribution in [1.82, 2.24) is 15.0 Å². The maximum absolute atomic E-state index is 13.4. The minimum atomic E-state index is -0.358. The first-order chi connectivity index (χ1) is 9.72. The first-order valence-electron chi connectivity index (χ1n) is 5.94. The van der Waals surface area contributed by atoms with Gasteiger partial charge in [0.1, 0.15) is 12.4 Å². The minimum absolute atomic E-state index is 0.000321. The number of nitrogens with one attached hydrogen (secondary N) is 1. The van der Waals surface area contributed by atoms with Crippen molar-refractivity contribution in [1.29, 1.82) is 0 Å². The molecule has 1 heterocycles. The van der Waals surface area contributed by atoms with Gasteiger partial charge in [0.05, 0.1) is 6.61 Å². The van der Waals surface area contributed by atoms with E-state index in [1.54, 1.807) is 25.1 Å². The molecule has 0 aliphatic carbocycles. The summed E-state index contributed by atoms with van der Waals surface area (Å²) in [5, 5.41) is 0.